The van der Waals surface area contributed by atoms with E-state index in [1.165, 1.54) is 0 Å². The molecule has 2 fully saturated rings. The van der Waals surface area contributed by atoms with Crippen molar-refractivity contribution in [3.63, 3.8) is 0 Å². The second kappa shape index (κ2) is 6.43. The Morgan fingerprint density at radius 2 is 2.04 bits per heavy atom. The third kappa shape index (κ3) is 3.32. The summed E-state index contributed by atoms with van der Waals surface area (Å²) in [6.07, 6.45) is 3.01. The molecule has 0 aliphatic carbocycles. The Kier molecular flexibility index (Phi) is 4.53. The molecular formula is C17H27N5O. The molecule has 1 aromatic heterocycles. The summed E-state index contributed by atoms with van der Waals surface area (Å²) in [5.74, 6) is 1.23. The third-order valence-corrected chi connectivity index (χ3v) is 5.10. The minimum atomic E-state index is -0.211. The number of anilines is 1. The normalized spacial score (nSPS) is 25.0. The second-order valence-corrected chi connectivity index (χ2v) is 7.18. The van der Waals surface area contributed by atoms with Crippen molar-refractivity contribution in [3.8, 4) is 0 Å². The zero-order valence-corrected chi connectivity index (χ0v) is 14.5. The summed E-state index contributed by atoms with van der Waals surface area (Å²) in [5, 5.41) is 8.46. The van der Waals surface area contributed by atoms with Crippen LogP contribution in [0.1, 0.15) is 25.0 Å². The van der Waals surface area contributed by atoms with Gasteiger partial charge in [-0.05, 0) is 52.4 Å². The number of likely N-dealkylation sites (N-methyl/N-ethyl adjacent to an activating group) is 1. The first-order chi connectivity index (χ1) is 11.0. The summed E-state index contributed by atoms with van der Waals surface area (Å²) >= 11 is 0. The number of aryl methyl sites for hydroxylation is 1. The van der Waals surface area contributed by atoms with Crippen molar-refractivity contribution in [2.75, 3.05) is 51.7 Å². The van der Waals surface area contributed by atoms with Crippen LogP contribution in [-0.4, -0.2) is 72.7 Å². The molecule has 2 saturated heterocycles. The van der Waals surface area contributed by atoms with Crippen LogP contribution in [0.25, 0.3) is 0 Å². The van der Waals surface area contributed by atoms with Gasteiger partial charge in [-0.3, -0.25) is 4.79 Å². The van der Waals surface area contributed by atoms with Gasteiger partial charge in [-0.25, -0.2) is 0 Å². The molecule has 3 rings (SSSR count). The highest BCUT2D eigenvalue weighted by molar-refractivity contribution is 5.85. The minimum absolute atomic E-state index is 0.211. The van der Waals surface area contributed by atoms with Crippen LogP contribution in [0.15, 0.2) is 12.1 Å². The molecule has 1 spiro atoms. The Hall–Kier alpha value is -1.69. The number of rotatable bonds is 4. The average molecular weight is 317 g/mol. The number of aromatic nitrogens is 2. The van der Waals surface area contributed by atoms with Crippen LogP contribution in [0.4, 0.5) is 5.82 Å². The molecule has 6 heteroatoms. The number of likely N-dealkylation sites (tertiary alicyclic amines) is 1. The van der Waals surface area contributed by atoms with Crippen LogP contribution < -0.4 is 4.90 Å². The van der Waals surface area contributed by atoms with Gasteiger partial charge in [0.25, 0.3) is 0 Å². The summed E-state index contributed by atoms with van der Waals surface area (Å²) in [7, 11) is 4.10. The summed E-state index contributed by atoms with van der Waals surface area (Å²) in [5.41, 5.74) is 0.712. The maximum atomic E-state index is 13.0. The molecule has 23 heavy (non-hydrogen) atoms. The number of hydrogen-bond donors (Lipinski definition) is 0. The van der Waals surface area contributed by atoms with Crippen molar-refractivity contribution in [1.82, 2.24) is 20.0 Å². The molecule has 2 aliphatic rings. The molecule has 3 heterocycles. The molecule has 126 valence electrons. The number of nitrogens with zero attached hydrogens (tertiary/aromatic N) is 5. The van der Waals surface area contributed by atoms with Gasteiger partial charge in [-0.2, -0.15) is 5.10 Å². The number of piperidine rings is 1. The molecule has 0 saturated carbocycles. The van der Waals surface area contributed by atoms with Crippen molar-refractivity contribution in [3.05, 3.63) is 17.8 Å². The van der Waals surface area contributed by atoms with Gasteiger partial charge in [0.05, 0.1) is 11.1 Å². The molecule has 0 N–H and O–H groups in total. The number of carbonyl (C=O) groups excluding carboxylic acids is 1. The van der Waals surface area contributed by atoms with Crippen molar-refractivity contribution >= 4 is 11.7 Å². The van der Waals surface area contributed by atoms with Crippen LogP contribution in [-0.2, 0) is 4.79 Å². The van der Waals surface area contributed by atoms with E-state index in [1.807, 2.05) is 24.0 Å². The SMILES string of the molecule is Cc1ccc(N2CCCC3(CCN(CCN(C)C)C3=O)C2)nn1. The Morgan fingerprint density at radius 1 is 1.22 bits per heavy atom. The van der Waals surface area contributed by atoms with E-state index in [0.717, 1.165) is 63.5 Å². The van der Waals surface area contributed by atoms with Gasteiger partial charge < -0.3 is 14.7 Å². The van der Waals surface area contributed by atoms with Crippen molar-refractivity contribution in [2.45, 2.75) is 26.2 Å². The fourth-order valence-corrected chi connectivity index (χ4v) is 3.69. The van der Waals surface area contributed by atoms with Crippen LogP contribution in [0, 0.1) is 12.3 Å². The Labute approximate surface area is 138 Å². The summed E-state index contributed by atoms with van der Waals surface area (Å²) in [4.78, 5) is 19.4. The fourth-order valence-electron chi connectivity index (χ4n) is 3.69. The lowest BCUT2D eigenvalue weighted by Gasteiger charge is -2.39. The standard InChI is InChI=1S/C17H27N5O/c1-14-5-6-15(19-18-14)22-9-4-7-17(13-22)8-10-21(16(17)23)12-11-20(2)3/h5-6H,4,7-13H2,1-3H3. The lowest BCUT2D eigenvalue weighted by Crippen LogP contribution is -2.48. The molecule has 0 radical (unpaired) electrons. The number of amides is 1. The van der Waals surface area contributed by atoms with E-state index in [1.54, 1.807) is 0 Å². The largest absolute Gasteiger partial charge is 0.354 e. The molecule has 1 amide bonds. The lowest BCUT2D eigenvalue weighted by molar-refractivity contribution is -0.136. The highest BCUT2D eigenvalue weighted by Crippen LogP contribution is 2.40. The zero-order valence-electron chi connectivity index (χ0n) is 14.5. The molecule has 6 nitrogen and oxygen atoms in total. The maximum Gasteiger partial charge on any atom is 0.230 e. The van der Waals surface area contributed by atoms with Gasteiger partial charge in [-0.15, -0.1) is 5.10 Å². The zero-order chi connectivity index (χ0) is 16.4. The quantitative estimate of drug-likeness (QED) is 0.834. The predicted molar refractivity (Wildman–Crippen MR) is 90.4 cm³/mol. The topological polar surface area (TPSA) is 52.6 Å². The first kappa shape index (κ1) is 16.2. The van der Waals surface area contributed by atoms with Crippen molar-refractivity contribution in [2.24, 2.45) is 5.41 Å². The van der Waals surface area contributed by atoms with Crippen LogP contribution in [0.3, 0.4) is 0 Å². The molecule has 0 aromatic carbocycles. The van der Waals surface area contributed by atoms with Crippen LogP contribution in [0.2, 0.25) is 0 Å². The molecule has 1 atom stereocenters. The molecular weight excluding hydrogens is 290 g/mol. The Balaban J connectivity index is 1.70. The smallest absolute Gasteiger partial charge is 0.230 e. The summed E-state index contributed by atoms with van der Waals surface area (Å²) in [6, 6.07) is 4.01. The van der Waals surface area contributed by atoms with E-state index in [2.05, 4.69) is 34.1 Å². The summed E-state index contributed by atoms with van der Waals surface area (Å²) in [6.45, 7) is 6.33. The van der Waals surface area contributed by atoms with Crippen LogP contribution >= 0.6 is 0 Å². The molecule has 1 unspecified atom stereocenters. The van der Waals surface area contributed by atoms with Gasteiger partial charge in [0, 0.05) is 32.7 Å². The van der Waals surface area contributed by atoms with Gasteiger partial charge in [0.1, 0.15) is 0 Å². The average Bonchev–Trinajstić information content (AvgIpc) is 2.82. The molecule has 0 bridgehead atoms. The van der Waals surface area contributed by atoms with E-state index in [9.17, 15) is 4.79 Å². The first-order valence-corrected chi connectivity index (χ1v) is 8.50. The van der Waals surface area contributed by atoms with Gasteiger partial charge in [-0.1, -0.05) is 0 Å². The fraction of sp³-hybridized carbons (Fsp3) is 0.706. The predicted octanol–water partition coefficient (Wildman–Crippen LogP) is 1.17. The van der Waals surface area contributed by atoms with Crippen LogP contribution in [0.5, 0.6) is 0 Å². The highest BCUT2D eigenvalue weighted by atomic mass is 16.2. The number of hydrogen-bond acceptors (Lipinski definition) is 5. The number of carbonyl (C=O) groups is 1. The Morgan fingerprint density at radius 3 is 2.74 bits per heavy atom. The van der Waals surface area contributed by atoms with E-state index in [4.69, 9.17) is 0 Å². The Bertz CT molecular complexity index is 559. The van der Waals surface area contributed by atoms with Crippen molar-refractivity contribution < 1.29 is 4.79 Å². The van der Waals surface area contributed by atoms with Gasteiger partial charge in [0.15, 0.2) is 5.82 Å². The first-order valence-electron chi connectivity index (χ1n) is 8.50. The summed E-state index contributed by atoms with van der Waals surface area (Å²) < 4.78 is 0. The van der Waals surface area contributed by atoms with Gasteiger partial charge in [0.2, 0.25) is 5.91 Å². The minimum Gasteiger partial charge on any atom is -0.354 e. The van der Waals surface area contributed by atoms with Crippen molar-refractivity contribution in [1.29, 1.82) is 0 Å². The molecule has 1 aromatic rings. The molecule has 2 aliphatic heterocycles. The van der Waals surface area contributed by atoms with E-state index in [0.29, 0.717) is 5.91 Å². The van der Waals surface area contributed by atoms with Gasteiger partial charge >= 0.3 is 0 Å². The van der Waals surface area contributed by atoms with E-state index < -0.39 is 0 Å². The van der Waals surface area contributed by atoms with E-state index >= 15 is 0 Å². The highest BCUT2D eigenvalue weighted by Gasteiger charge is 2.48. The maximum absolute atomic E-state index is 13.0. The second-order valence-electron chi connectivity index (χ2n) is 7.18. The van der Waals surface area contributed by atoms with E-state index in [-0.39, 0.29) is 5.41 Å². The lowest BCUT2D eigenvalue weighted by atomic mass is 9.78. The third-order valence-electron chi connectivity index (χ3n) is 5.10. The monoisotopic (exact) mass is 317 g/mol.